The Morgan fingerprint density at radius 1 is 0.808 bits per heavy atom. The van der Waals surface area contributed by atoms with E-state index in [1.807, 2.05) is 12.1 Å². The van der Waals surface area contributed by atoms with Crippen molar-refractivity contribution in [3.05, 3.63) is 54.4 Å². The highest BCUT2D eigenvalue weighted by Crippen LogP contribution is 2.22. The summed E-state index contributed by atoms with van der Waals surface area (Å²) in [7, 11) is 0. The largest absolute Gasteiger partial charge is 0.508 e. The molecule has 2 aromatic carbocycles. The van der Waals surface area contributed by atoms with Crippen LogP contribution in [-0.2, 0) is 6.42 Å². The first-order valence-corrected chi connectivity index (χ1v) is 8.49. The average Bonchev–Trinajstić information content (AvgIpc) is 2.60. The van der Waals surface area contributed by atoms with Gasteiger partial charge in [-0.05, 0) is 30.7 Å². The Bertz CT molecular complexity index is 820. The van der Waals surface area contributed by atoms with Crippen molar-refractivity contribution < 1.29 is 10.2 Å². The molecule has 7 nitrogen and oxygen atoms in total. The van der Waals surface area contributed by atoms with Gasteiger partial charge in [-0.1, -0.05) is 25.5 Å². The maximum atomic E-state index is 9.61. The summed E-state index contributed by atoms with van der Waals surface area (Å²) in [5, 5.41) is 25.4. The minimum Gasteiger partial charge on any atom is -0.508 e. The molecule has 1 aromatic heterocycles. The van der Waals surface area contributed by atoms with Crippen molar-refractivity contribution in [3.8, 4) is 11.5 Å². The number of unbranched alkanes of at least 4 members (excludes halogenated alkanes) is 1. The lowest BCUT2D eigenvalue weighted by molar-refractivity contribution is 0.475. The number of phenolic OH excluding ortho intramolecular Hbond substituents is 2. The second kappa shape index (κ2) is 8.15. The van der Waals surface area contributed by atoms with Crippen LogP contribution in [0.3, 0.4) is 0 Å². The molecule has 0 unspecified atom stereocenters. The van der Waals surface area contributed by atoms with Crippen LogP contribution >= 0.6 is 0 Å². The minimum atomic E-state index is 0.161. The number of benzene rings is 2. The van der Waals surface area contributed by atoms with Gasteiger partial charge < -0.3 is 20.8 Å². The average molecular weight is 351 g/mol. The Labute approximate surface area is 151 Å². The van der Waals surface area contributed by atoms with Gasteiger partial charge in [-0.15, -0.1) is 0 Å². The Hall–Kier alpha value is -3.35. The first kappa shape index (κ1) is 17.5. The summed E-state index contributed by atoms with van der Waals surface area (Å²) in [6, 6.07) is 13.5. The van der Waals surface area contributed by atoms with Crippen molar-refractivity contribution in [2.24, 2.45) is 0 Å². The fraction of sp³-hybridized carbons (Fsp3) is 0.211. The van der Waals surface area contributed by atoms with Gasteiger partial charge in [0.05, 0.1) is 0 Å². The van der Waals surface area contributed by atoms with Crippen LogP contribution in [-0.4, -0.2) is 25.2 Å². The van der Waals surface area contributed by atoms with E-state index in [0.717, 1.165) is 19.3 Å². The molecule has 3 rings (SSSR count). The van der Waals surface area contributed by atoms with Crippen molar-refractivity contribution in [3.63, 3.8) is 0 Å². The molecule has 3 aromatic rings. The van der Waals surface area contributed by atoms with Crippen molar-refractivity contribution >= 4 is 23.3 Å². The quantitative estimate of drug-likeness (QED) is 0.508. The normalized spacial score (nSPS) is 10.5. The predicted molar refractivity (Wildman–Crippen MR) is 101 cm³/mol. The number of nitrogens with one attached hydrogen (secondary N) is 2. The lowest BCUT2D eigenvalue weighted by Gasteiger charge is -2.10. The first-order valence-electron chi connectivity index (χ1n) is 8.49. The second-order valence-electron chi connectivity index (χ2n) is 5.85. The van der Waals surface area contributed by atoms with Crippen LogP contribution in [0.25, 0.3) is 0 Å². The Morgan fingerprint density at radius 2 is 1.35 bits per heavy atom. The van der Waals surface area contributed by atoms with Gasteiger partial charge in [0.15, 0.2) is 0 Å². The lowest BCUT2D eigenvalue weighted by Crippen LogP contribution is -2.07. The molecule has 134 valence electrons. The maximum absolute atomic E-state index is 9.61. The smallest absolute Gasteiger partial charge is 0.232 e. The fourth-order valence-electron chi connectivity index (χ4n) is 2.40. The molecule has 4 N–H and O–H groups in total. The summed E-state index contributed by atoms with van der Waals surface area (Å²) >= 11 is 0. The van der Waals surface area contributed by atoms with Crippen LogP contribution in [0.1, 0.15) is 25.6 Å². The molecular weight excluding hydrogens is 330 g/mol. The lowest BCUT2D eigenvalue weighted by atomic mass is 10.2. The van der Waals surface area contributed by atoms with Gasteiger partial charge in [-0.25, -0.2) is 0 Å². The first-order chi connectivity index (χ1) is 12.6. The third-order valence-electron chi connectivity index (χ3n) is 3.64. The van der Waals surface area contributed by atoms with Gasteiger partial charge in [0.25, 0.3) is 0 Å². The molecule has 0 amide bonds. The Morgan fingerprint density at radius 3 is 1.81 bits per heavy atom. The number of anilines is 4. The molecule has 0 fully saturated rings. The van der Waals surface area contributed by atoms with E-state index in [9.17, 15) is 10.2 Å². The molecule has 0 radical (unpaired) electrons. The highest BCUT2D eigenvalue weighted by Gasteiger charge is 2.08. The molecule has 0 aliphatic carbocycles. The molecule has 7 heteroatoms. The zero-order valence-electron chi connectivity index (χ0n) is 14.5. The van der Waals surface area contributed by atoms with Gasteiger partial charge in [0.2, 0.25) is 11.9 Å². The number of hydrogen-bond donors (Lipinski definition) is 4. The van der Waals surface area contributed by atoms with E-state index in [-0.39, 0.29) is 11.5 Å². The monoisotopic (exact) mass is 351 g/mol. The van der Waals surface area contributed by atoms with Crippen LogP contribution in [0.2, 0.25) is 0 Å². The van der Waals surface area contributed by atoms with Crippen molar-refractivity contribution in [1.82, 2.24) is 15.0 Å². The van der Waals surface area contributed by atoms with Crippen LogP contribution in [0.4, 0.5) is 23.3 Å². The van der Waals surface area contributed by atoms with Gasteiger partial charge in [0, 0.05) is 29.9 Å². The number of nitrogens with zero attached hydrogens (tertiary/aromatic N) is 3. The highest BCUT2D eigenvalue weighted by atomic mass is 16.3. The Balaban J connectivity index is 1.87. The van der Waals surface area contributed by atoms with Gasteiger partial charge in [-0.3, -0.25) is 0 Å². The standard InChI is InChI=1S/C19H21N5O2/c1-2-3-10-17-22-18(20-13-6-4-8-15(25)11-13)24-19(23-17)21-14-7-5-9-16(26)12-14/h4-9,11-12,25-26H,2-3,10H2,1H3,(H2,20,21,22,23,24). The van der Waals surface area contributed by atoms with Crippen molar-refractivity contribution in [1.29, 1.82) is 0 Å². The molecule has 0 aliphatic rings. The fourth-order valence-corrected chi connectivity index (χ4v) is 2.40. The topological polar surface area (TPSA) is 103 Å². The van der Waals surface area contributed by atoms with E-state index in [1.54, 1.807) is 36.4 Å². The molecule has 26 heavy (non-hydrogen) atoms. The SMILES string of the molecule is CCCCc1nc(Nc2cccc(O)c2)nc(Nc2cccc(O)c2)n1. The third kappa shape index (κ3) is 4.83. The van der Waals surface area contributed by atoms with Gasteiger partial charge in [0.1, 0.15) is 17.3 Å². The summed E-state index contributed by atoms with van der Waals surface area (Å²) in [5.74, 6) is 1.77. The molecule has 0 spiro atoms. The highest BCUT2D eigenvalue weighted by molar-refractivity contribution is 5.59. The van der Waals surface area contributed by atoms with Crippen LogP contribution in [0.5, 0.6) is 11.5 Å². The predicted octanol–water partition coefficient (Wildman–Crippen LogP) is 4.11. The van der Waals surface area contributed by atoms with Crippen LogP contribution in [0, 0.1) is 0 Å². The van der Waals surface area contributed by atoms with Gasteiger partial charge >= 0.3 is 0 Å². The van der Waals surface area contributed by atoms with E-state index < -0.39 is 0 Å². The van der Waals surface area contributed by atoms with E-state index in [0.29, 0.717) is 29.1 Å². The summed E-state index contributed by atoms with van der Waals surface area (Å²) < 4.78 is 0. The summed E-state index contributed by atoms with van der Waals surface area (Å²) in [6.07, 6.45) is 2.75. The molecule has 0 saturated carbocycles. The summed E-state index contributed by atoms with van der Waals surface area (Å²) in [6.45, 7) is 2.11. The van der Waals surface area contributed by atoms with E-state index in [2.05, 4.69) is 32.5 Å². The molecule has 0 aliphatic heterocycles. The van der Waals surface area contributed by atoms with E-state index in [4.69, 9.17) is 0 Å². The number of aromatic hydroxyl groups is 2. The molecule has 0 saturated heterocycles. The van der Waals surface area contributed by atoms with Crippen LogP contribution in [0.15, 0.2) is 48.5 Å². The number of phenols is 2. The Kier molecular flexibility index (Phi) is 5.48. The van der Waals surface area contributed by atoms with Gasteiger partial charge in [-0.2, -0.15) is 15.0 Å². The molecular formula is C19H21N5O2. The van der Waals surface area contributed by atoms with E-state index in [1.165, 1.54) is 0 Å². The number of aryl methyl sites for hydroxylation is 1. The third-order valence-corrected chi connectivity index (χ3v) is 3.64. The number of hydrogen-bond acceptors (Lipinski definition) is 7. The number of aromatic nitrogens is 3. The summed E-state index contributed by atoms with van der Waals surface area (Å²) in [4.78, 5) is 13.3. The molecule has 0 atom stereocenters. The molecule has 0 bridgehead atoms. The van der Waals surface area contributed by atoms with Crippen molar-refractivity contribution in [2.45, 2.75) is 26.2 Å². The second-order valence-corrected chi connectivity index (χ2v) is 5.85. The maximum Gasteiger partial charge on any atom is 0.232 e. The zero-order valence-corrected chi connectivity index (χ0v) is 14.5. The van der Waals surface area contributed by atoms with E-state index >= 15 is 0 Å². The van der Waals surface area contributed by atoms with Crippen molar-refractivity contribution in [2.75, 3.05) is 10.6 Å². The minimum absolute atomic E-state index is 0.161. The van der Waals surface area contributed by atoms with Crippen LogP contribution < -0.4 is 10.6 Å². The number of rotatable bonds is 7. The summed E-state index contributed by atoms with van der Waals surface area (Å²) in [5.41, 5.74) is 1.36. The zero-order chi connectivity index (χ0) is 18.4. The molecule has 1 heterocycles.